The predicted octanol–water partition coefficient (Wildman–Crippen LogP) is 1.49. The summed E-state index contributed by atoms with van der Waals surface area (Å²) in [6, 6.07) is 0. The Hall–Kier alpha value is -0.850. The lowest BCUT2D eigenvalue weighted by molar-refractivity contribution is -0.121. The fraction of sp³-hybridized carbons (Fsp3) is 0.400. The van der Waals surface area contributed by atoms with Crippen LogP contribution in [0.2, 0.25) is 0 Å². The van der Waals surface area contributed by atoms with Gasteiger partial charge >= 0.3 is 0 Å². The predicted molar refractivity (Wildman–Crippen MR) is 67.5 cm³/mol. The molecule has 1 amide bonds. The molecule has 1 rings (SSSR count). The van der Waals surface area contributed by atoms with E-state index in [4.69, 9.17) is 0 Å². The summed E-state index contributed by atoms with van der Waals surface area (Å²) in [5.41, 5.74) is 1.00. The quantitative estimate of drug-likeness (QED) is 0.660. The monoisotopic (exact) mass is 319 g/mol. The van der Waals surface area contributed by atoms with Crippen LogP contribution in [0, 0.1) is 10.5 Å². The van der Waals surface area contributed by atoms with Gasteiger partial charge < -0.3 is 5.32 Å². The average molecular weight is 319 g/mol. The summed E-state index contributed by atoms with van der Waals surface area (Å²) < 4.78 is 2.92. The second kappa shape index (κ2) is 5.89. The highest BCUT2D eigenvalue weighted by Gasteiger charge is 2.03. The fourth-order valence-electron chi connectivity index (χ4n) is 1.10. The fourth-order valence-corrected chi connectivity index (χ4v) is 1.53. The molecule has 0 aliphatic carbocycles. The number of nitrogens with zero attached hydrogens (tertiary/aromatic N) is 2. The molecule has 0 radical (unpaired) electrons. The zero-order valence-corrected chi connectivity index (χ0v) is 10.8. The Morgan fingerprint density at radius 1 is 1.80 bits per heavy atom. The van der Waals surface area contributed by atoms with Gasteiger partial charge in [-0.1, -0.05) is 6.08 Å². The third-order valence-electron chi connectivity index (χ3n) is 1.90. The Labute approximate surface area is 103 Å². The van der Waals surface area contributed by atoms with Crippen LogP contribution in [-0.4, -0.2) is 22.2 Å². The molecule has 0 atom stereocenters. The molecule has 1 aromatic heterocycles. The highest BCUT2D eigenvalue weighted by atomic mass is 127. The number of hydrogen-bond acceptors (Lipinski definition) is 2. The minimum absolute atomic E-state index is 0.0260. The van der Waals surface area contributed by atoms with Crippen molar-refractivity contribution in [1.82, 2.24) is 15.1 Å². The molecule has 5 heteroatoms. The molecule has 0 aliphatic rings. The summed E-state index contributed by atoms with van der Waals surface area (Å²) in [6.07, 6.45) is 4.06. The van der Waals surface area contributed by atoms with Crippen LogP contribution < -0.4 is 5.32 Å². The number of halogens is 1. The molecule has 0 aliphatic heterocycles. The SMILES string of the molecule is C=CCNC(=O)CCn1cc(I)c(C)n1. The maximum atomic E-state index is 11.3. The van der Waals surface area contributed by atoms with E-state index in [-0.39, 0.29) is 5.91 Å². The molecular formula is C10H14IN3O. The van der Waals surface area contributed by atoms with E-state index >= 15 is 0 Å². The number of aryl methyl sites for hydroxylation is 2. The Bertz CT molecular complexity index is 340. The van der Waals surface area contributed by atoms with Gasteiger partial charge in [-0.2, -0.15) is 5.10 Å². The topological polar surface area (TPSA) is 46.9 Å². The number of carbonyl (C=O) groups is 1. The van der Waals surface area contributed by atoms with Crippen LogP contribution in [0.4, 0.5) is 0 Å². The number of carbonyl (C=O) groups excluding carboxylic acids is 1. The van der Waals surface area contributed by atoms with Gasteiger partial charge in [0.2, 0.25) is 5.91 Å². The van der Waals surface area contributed by atoms with Crippen molar-refractivity contribution in [3.63, 3.8) is 0 Å². The number of amides is 1. The van der Waals surface area contributed by atoms with Crippen molar-refractivity contribution in [2.45, 2.75) is 19.9 Å². The van der Waals surface area contributed by atoms with Crippen molar-refractivity contribution >= 4 is 28.5 Å². The van der Waals surface area contributed by atoms with Crippen molar-refractivity contribution < 1.29 is 4.79 Å². The number of nitrogens with one attached hydrogen (secondary N) is 1. The van der Waals surface area contributed by atoms with E-state index in [1.807, 2.05) is 13.1 Å². The van der Waals surface area contributed by atoms with Gasteiger partial charge in [-0.25, -0.2) is 0 Å². The van der Waals surface area contributed by atoms with E-state index in [2.05, 4.69) is 39.6 Å². The lowest BCUT2D eigenvalue weighted by atomic mass is 10.4. The standard InChI is InChI=1S/C10H14IN3O/c1-3-5-12-10(15)4-6-14-7-9(11)8(2)13-14/h3,7H,1,4-6H2,2H3,(H,12,15). The van der Waals surface area contributed by atoms with Crippen molar-refractivity contribution in [2.75, 3.05) is 6.54 Å². The van der Waals surface area contributed by atoms with Crippen LogP contribution in [0.25, 0.3) is 0 Å². The van der Waals surface area contributed by atoms with Crippen LogP contribution in [-0.2, 0) is 11.3 Å². The highest BCUT2D eigenvalue weighted by Crippen LogP contribution is 2.08. The van der Waals surface area contributed by atoms with Crippen molar-refractivity contribution in [1.29, 1.82) is 0 Å². The van der Waals surface area contributed by atoms with Gasteiger partial charge in [0, 0.05) is 25.7 Å². The van der Waals surface area contributed by atoms with E-state index in [0.717, 1.165) is 9.26 Å². The first-order valence-electron chi connectivity index (χ1n) is 4.70. The molecule has 0 unspecified atom stereocenters. The summed E-state index contributed by atoms with van der Waals surface area (Å²) in [5, 5.41) is 7.00. The van der Waals surface area contributed by atoms with Gasteiger partial charge in [0.1, 0.15) is 0 Å². The van der Waals surface area contributed by atoms with Gasteiger partial charge in [0.05, 0.1) is 9.26 Å². The summed E-state index contributed by atoms with van der Waals surface area (Å²) in [4.78, 5) is 11.3. The third kappa shape index (κ3) is 4.03. The Morgan fingerprint density at radius 3 is 3.07 bits per heavy atom. The lowest BCUT2D eigenvalue weighted by Gasteiger charge is -2.02. The molecule has 82 valence electrons. The molecule has 1 N–H and O–H groups in total. The van der Waals surface area contributed by atoms with E-state index in [9.17, 15) is 4.79 Å². The van der Waals surface area contributed by atoms with E-state index in [1.54, 1.807) is 10.8 Å². The molecule has 0 bridgehead atoms. The maximum absolute atomic E-state index is 11.3. The molecule has 1 heterocycles. The molecule has 0 saturated carbocycles. The first-order chi connectivity index (χ1) is 7.13. The highest BCUT2D eigenvalue weighted by molar-refractivity contribution is 14.1. The number of rotatable bonds is 5. The first-order valence-corrected chi connectivity index (χ1v) is 5.78. The smallest absolute Gasteiger partial charge is 0.222 e. The summed E-state index contributed by atoms with van der Waals surface area (Å²) in [6.45, 7) is 6.63. The van der Waals surface area contributed by atoms with E-state index < -0.39 is 0 Å². The minimum atomic E-state index is 0.0260. The summed E-state index contributed by atoms with van der Waals surface area (Å²) >= 11 is 2.23. The molecular weight excluding hydrogens is 305 g/mol. The van der Waals surface area contributed by atoms with Crippen LogP contribution in [0.1, 0.15) is 12.1 Å². The van der Waals surface area contributed by atoms with Crippen LogP contribution in [0.15, 0.2) is 18.9 Å². The second-order valence-electron chi connectivity index (χ2n) is 3.17. The van der Waals surface area contributed by atoms with Gasteiger partial charge in [-0.15, -0.1) is 6.58 Å². The van der Waals surface area contributed by atoms with Gasteiger partial charge in [0.25, 0.3) is 0 Å². The minimum Gasteiger partial charge on any atom is -0.353 e. The van der Waals surface area contributed by atoms with E-state index in [0.29, 0.717) is 19.5 Å². The molecule has 4 nitrogen and oxygen atoms in total. The van der Waals surface area contributed by atoms with Gasteiger partial charge in [-0.05, 0) is 29.5 Å². The Morgan fingerprint density at radius 2 is 2.53 bits per heavy atom. The van der Waals surface area contributed by atoms with Crippen molar-refractivity contribution in [2.24, 2.45) is 0 Å². The average Bonchev–Trinajstić information content (AvgIpc) is 2.52. The van der Waals surface area contributed by atoms with Crippen LogP contribution in [0.3, 0.4) is 0 Å². The summed E-state index contributed by atoms with van der Waals surface area (Å²) in [5.74, 6) is 0.0260. The van der Waals surface area contributed by atoms with Crippen LogP contribution >= 0.6 is 22.6 Å². The third-order valence-corrected chi connectivity index (χ3v) is 2.96. The second-order valence-corrected chi connectivity index (χ2v) is 4.33. The number of hydrogen-bond donors (Lipinski definition) is 1. The largest absolute Gasteiger partial charge is 0.353 e. The summed E-state index contributed by atoms with van der Waals surface area (Å²) in [7, 11) is 0. The van der Waals surface area contributed by atoms with E-state index in [1.165, 1.54) is 0 Å². The molecule has 15 heavy (non-hydrogen) atoms. The molecule has 0 fully saturated rings. The normalized spacial score (nSPS) is 10.0. The zero-order chi connectivity index (χ0) is 11.3. The molecule has 0 spiro atoms. The number of aromatic nitrogens is 2. The lowest BCUT2D eigenvalue weighted by Crippen LogP contribution is -2.24. The van der Waals surface area contributed by atoms with Gasteiger partial charge in [0.15, 0.2) is 0 Å². The Kier molecular flexibility index (Phi) is 4.80. The molecule has 1 aromatic rings. The molecule has 0 saturated heterocycles. The molecule has 0 aromatic carbocycles. The Balaban J connectivity index is 2.36. The first kappa shape index (κ1) is 12.2. The zero-order valence-electron chi connectivity index (χ0n) is 8.66. The van der Waals surface area contributed by atoms with Crippen molar-refractivity contribution in [3.8, 4) is 0 Å². The van der Waals surface area contributed by atoms with Crippen molar-refractivity contribution in [3.05, 3.63) is 28.1 Å². The maximum Gasteiger partial charge on any atom is 0.222 e. The van der Waals surface area contributed by atoms with Gasteiger partial charge in [-0.3, -0.25) is 9.48 Å². The van der Waals surface area contributed by atoms with Crippen LogP contribution in [0.5, 0.6) is 0 Å².